The molecule has 0 amide bonds. The van der Waals surface area contributed by atoms with Crippen LogP contribution in [-0.4, -0.2) is 16.7 Å². The van der Waals surface area contributed by atoms with Crippen LogP contribution in [0.15, 0.2) is 35.7 Å². The van der Waals surface area contributed by atoms with Crippen molar-refractivity contribution in [3.63, 3.8) is 0 Å². The third kappa shape index (κ3) is 4.13. The van der Waals surface area contributed by atoms with Crippen LogP contribution in [-0.2, 0) is 13.0 Å². The van der Waals surface area contributed by atoms with Crippen molar-refractivity contribution < 1.29 is 9.84 Å². The Labute approximate surface area is 111 Å². The van der Waals surface area contributed by atoms with Gasteiger partial charge in [0.1, 0.15) is 5.75 Å². The summed E-state index contributed by atoms with van der Waals surface area (Å²) in [5, 5.41) is 11.9. The second-order valence-electron chi connectivity index (χ2n) is 4.01. The van der Waals surface area contributed by atoms with Gasteiger partial charge in [0.2, 0.25) is 0 Å². The molecule has 0 saturated carbocycles. The number of hydrogen-bond donors (Lipinski definition) is 1. The van der Waals surface area contributed by atoms with Crippen molar-refractivity contribution in [2.24, 2.45) is 0 Å². The molecule has 0 unspecified atom stereocenters. The highest BCUT2D eigenvalue weighted by atomic mass is 32.1. The number of unbranched alkanes of at least 4 members (excludes halogenated alkanes) is 1. The topological polar surface area (TPSA) is 42.4 Å². The molecular formula is C14H17NO2S. The average Bonchev–Trinajstić information content (AvgIpc) is 2.87. The molecule has 0 saturated heterocycles. The van der Waals surface area contributed by atoms with Gasteiger partial charge in [-0.05, 0) is 31.4 Å². The van der Waals surface area contributed by atoms with Crippen molar-refractivity contribution in [3.8, 4) is 5.75 Å². The number of nitrogens with zero attached hydrogens (tertiary/aromatic N) is 1. The lowest BCUT2D eigenvalue weighted by molar-refractivity contribution is 0.277. The summed E-state index contributed by atoms with van der Waals surface area (Å²) in [5.74, 6) is 0.925. The Morgan fingerprint density at radius 3 is 2.72 bits per heavy atom. The van der Waals surface area contributed by atoms with Crippen LogP contribution in [0.5, 0.6) is 5.75 Å². The number of thiazole rings is 1. The second-order valence-corrected chi connectivity index (χ2v) is 4.95. The van der Waals surface area contributed by atoms with E-state index in [1.807, 2.05) is 35.7 Å². The summed E-state index contributed by atoms with van der Waals surface area (Å²) in [6.45, 7) is 0.774. The van der Waals surface area contributed by atoms with Gasteiger partial charge in [-0.1, -0.05) is 18.2 Å². The van der Waals surface area contributed by atoms with Crippen LogP contribution < -0.4 is 4.74 Å². The number of aliphatic hydroxyl groups excluding tert-OH is 1. The first-order chi connectivity index (χ1) is 8.88. The van der Waals surface area contributed by atoms with Crippen molar-refractivity contribution >= 4 is 11.3 Å². The van der Waals surface area contributed by atoms with Gasteiger partial charge in [-0.15, -0.1) is 11.3 Å². The third-order valence-corrected chi connectivity index (χ3v) is 3.52. The maximum Gasteiger partial charge on any atom is 0.119 e. The normalized spacial score (nSPS) is 10.5. The molecule has 0 fully saturated rings. The second kappa shape index (κ2) is 7.13. The fourth-order valence-electron chi connectivity index (χ4n) is 1.62. The molecule has 2 aromatic rings. The Bertz CT molecular complexity index is 456. The van der Waals surface area contributed by atoms with Crippen LogP contribution in [0.4, 0.5) is 0 Å². The zero-order valence-electron chi connectivity index (χ0n) is 10.2. The van der Waals surface area contributed by atoms with E-state index in [0.29, 0.717) is 0 Å². The van der Waals surface area contributed by atoms with Crippen molar-refractivity contribution in [2.75, 3.05) is 6.61 Å². The molecule has 0 aliphatic carbocycles. The van der Waals surface area contributed by atoms with E-state index in [1.54, 1.807) is 11.3 Å². The fourth-order valence-corrected chi connectivity index (χ4v) is 2.45. The average molecular weight is 263 g/mol. The van der Waals surface area contributed by atoms with E-state index in [-0.39, 0.29) is 6.61 Å². The molecular weight excluding hydrogens is 246 g/mol. The number of aryl methyl sites for hydroxylation is 1. The minimum Gasteiger partial charge on any atom is -0.494 e. The largest absolute Gasteiger partial charge is 0.494 e. The van der Waals surface area contributed by atoms with Crippen LogP contribution in [0.1, 0.15) is 23.5 Å². The van der Waals surface area contributed by atoms with Crippen molar-refractivity contribution in [1.82, 2.24) is 4.98 Å². The summed E-state index contributed by atoms with van der Waals surface area (Å²) in [5.41, 5.74) is 0.774. The van der Waals surface area contributed by atoms with Crippen LogP contribution >= 0.6 is 11.3 Å². The smallest absolute Gasteiger partial charge is 0.119 e. The predicted molar refractivity (Wildman–Crippen MR) is 72.9 cm³/mol. The maximum absolute atomic E-state index is 8.91. The van der Waals surface area contributed by atoms with E-state index in [9.17, 15) is 0 Å². The minimum atomic E-state index is 0.0353. The molecule has 18 heavy (non-hydrogen) atoms. The molecule has 2 rings (SSSR count). The van der Waals surface area contributed by atoms with Gasteiger partial charge >= 0.3 is 0 Å². The Hall–Kier alpha value is -1.39. The monoisotopic (exact) mass is 263 g/mol. The Morgan fingerprint density at radius 2 is 2.00 bits per heavy atom. The van der Waals surface area contributed by atoms with Crippen molar-refractivity contribution in [3.05, 3.63) is 46.4 Å². The molecule has 1 heterocycles. The molecule has 0 aliphatic heterocycles. The van der Waals surface area contributed by atoms with Crippen LogP contribution in [0.3, 0.4) is 0 Å². The first-order valence-electron chi connectivity index (χ1n) is 6.10. The molecule has 1 aromatic carbocycles. The highest BCUT2D eigenvalue weighted by Gasteiger charge is 2.00. The van der Waals surface area contributed by atoms with Crippen molar-refractivity contribution in [1.29, 1.82) is 0 Å². The Morgan fingerprint density at radius 1 is 1.17 bits per heavy atom. The number of aromatic nitrogens is 1. The Kier molecular flexibility index (Phi) is 5.17. The standard InChI is InChI=1S/C14H17NO2S/c16-10-12-11-18-14(15-12)8-4-5-9-17-13-6-2-1-3-7-13/h1-3,6-7,11,16H,4-5,8-10H2. The summed E-state index contributed by atoms with van der Waals surface area (Å²) in [7, 11) is 0. The van der Waals surface area contributed by atoms with E-state index in [0.717, 1.165) is 42.3 Å². The number of hydrogen-bond acceptors (Lipinski definition) is 4. The van der Waals surface area contributed by atoms with Gasteiger partial charge < -0.3 is 9.84 Å². The number of ether oxygens (including phenoxy) is 1. The maximum atomic E-state index is 8.91. The van der Waals surface area contributed by atoms with Gasteiger partial charge in [0.25, 0.3) is 0 Å². The fraction of sp³-hybridized carbons (Fsp3) is 0.357. The van der Waals surface area contributed by atoms with E-state index in [4.69, 9.17) is 9.84 Å². The number of aliphatic hydroxyl groups is 1. The predicted octanol–water partition coefficient (Wildman–Crippen LogP) is 3.04. The number of benzene rings is 1. The summed E-state index contributed by atoms with van der Waals surface area (Å²) < 4.78 is 5.61. The molecule has 1 N–H and O–H groups in total. The molecule has 1 aromatic heterocycles. The summed E-state index contributed by atoms with van der Waals surface area (Å²) >= 11 is 1.62. The van der Waals surface area contributed by atoms with Gasteiger partial charge in [0.15, 0.2) is 0 Å². The first-order valence-corrected chi connectivity index (χ1v) is 6.98. The Balaban J connectivity index is 1.61. The summed E-state index contributed by atoms with van der Waals surface area (Å²) in [6.07, 6.45) is 3.04. The lowest BCUT2D eigenvalue weighted by Gasteiger charge is -2.04. The third-order valence-electron chi connectivity index (χ3n) is 2.56. The van der Waals surface area contributed by atoms with Crippen molar-refractivity contribution in [2.45, 2.75) is 25.9 Å². The van der Waals surface area contributed by atoms with E-state index < -0.39 is 0 Å². The lowest BCUT2D eigenvalue weighted by atomic mass is 10.2. The summed E-state index contributed by atoms with van der Waals surface area (Å²) in [6, 6.07) is 9.86. The van der Waals surface area contributed by atoms with Gasteiger partial charge in [0, 0.05) is 5.38 Å². The van der Waals surface area contributed by atoms with E-state index in [1.165, 1.54) is 0 Å². The molecule has 0 aliphatic rings. The van der Waals surface area contributed by atoms with Gasteiger partial charge in [0.05, 0.1) is 23.9 Å². The number of rotatable bonds is 7. The quantitative estimate of drug-likeness (QED) is 0.781. The van der Waals surface area contributed by atoms with E-state index in [2.05, 4.69) is 4.98 Å². The van der Waals surface area contributed by atoms with Gasteiger partial charge in [-0.25, -0.2) is 4.98 Å². The highest BCUT2D eigenvalue weighted by molar-refractivity contribution is 7.09. The molecule has 0 bridgehead atoms. The van der Waals surface area contributed by atoms with Gasteiger partial charge in [-0.2, -0.15) is 0 Å². The minimum absolute atomic E-state index is 0.0353. The molecule has 0 radical (unpaired) electrons. The number of para-hydroxylation sites is 1. The van der Waals surface area contributed by atoms with Crippen LogP contribution in [0.2, 0.25) is 0 Å². The molecule has 4 heteroatoms. The first kappa shape index (κ1) is 13.1. The van der Waals surface area contributed by atoms with E-state index >= 15 is 0 Å². The molecule has 3 nitrogen and oxygen atoms in total. The van der Waals surface area contributed by atoms with Crippen LogP contribution in [0, 0.1) is 0 Å². The van der Waals surface area contributed by atoms with Crippen LogP contribution in [0.25, 0.3) is 0 Å². The molecule has 96 valence electrons. The SMILES string of the molecule is OCc1csc(CCCCOc2ccccc2)n1. The zero-order chi connectivity index (χ0) is 12.6. The molecule has 0 spiro atoms. The molecule has 0 atom stereocenters. The highest BCUT2D eigenvalue weighted by Crippen LogP contribution is 2.13. The lowest BCUT2D eigenvalue weighted by Crippen LogP contribution is -1.98. The summed E-state index contributed by atoms with van der Waals surface area (Å²) in [4.78, 5) is 4.31. The van der Waals surface area contributed by atoms with Gasteiger partial charge in [-0.3, -0.25) is 0 Å². The zero-order valence-corrected chi connectivity index (χ0v) is 11.0.